The van der Waals surface area contributed by atoms with Crippen molar-refractivity contribution in [2.24, 2.45) is 0 Å². The molecule has 3 N–H and O–H groups in total. The predicted octanol–water partition coefficient (Wildman–Crippen LogP) is 1.17. The minimum Gasteiger partial charge on any atom is -0.480 e. The number of carbonyl (C=O) groups is 2. The lowest BCUT2D eigenvalue weighted by molar-refractivity contribution is -0.136. The van der Waals surface area contributed by atoms with E-state index in [1.807, 2.05) is 11.8 Å². The third kappa shape index (κ3) is 3.07. The van der Waals surface area contributed by atoms with Crippen molar-refractivity contribution in [1.82, 2.24) is 10.6 Å². The van der Waals surface area contributed by atoms with E-state index in [1.165, 1.54) is 0 Å². The molecule has 17 heavy (non-hydrogen) atoms. The first-order valence-electron chi connectivity index (χ1n) is 5.63. The van der Waals surface area contributed by atoms with E-state index in [0.717, 1.165) is 18.6 Å². The first kappa shape index (κ1) is 13.0. The Bertz CT molecular complexity index is 329. The normalized spacial score (nSPS) is 32.8. The summed E-state index contributed by atoms with van der Waals surface area (Å²) >= 11 is 4.99. The van der Waals surface area contributed by atoms with Gasteiger partial charge in [0.25, 0.3) is 0 Å². The number of halogens is 1. The molecule has 0 saturated carbocycles. The van der Waals surface area contributed by atoms with Gasteiger partial charge < -0.3 is 15.7 Å². The number of alkyl halides is 1. The van der Waals surface area contributed by atoms with E-state index < -0.39 is 10.8 Å². The molecule has 5 nitrogen and oxygen atoms in total. The van der Waals surface area contributed by atoms with Gasteiger partial charge in [0.1, 0.15) is 4.83 Å². The van der Waals surface area contributed by atoms with Gasteiger partial charge in [-0.3, -0.25) is 4.79 Å². The number of hydrogen-bond donors (Lipinski definition) is 3. The fourth-order valence-corrected chi connectivity index (χ4v) is 4.13. The summed E-state index contributed by atoms with van der Waals surface area (Å²) in [5, 5.41) is 15.0. The number of carboxylic acid groups (broad SMARTS) is 1. The van der Waals surface area contributed by atoms with Gasteiger partial charge in [-0.1, -0.05) is 22.4 Å². The maximum Gasteiger partial charge on any atom is 0.317 e. The lowest BCUT2D eigenvalue weighted by Gasteiger charge is -2.16. The fraction of sp³-hybridized carbons (Fsp3) is 0.800. The molecule has 2 fully saturated rings. The van der Waals surface area contributed by atoms with Crippen LogP contribution in [0.4, 0.5) is 4.79 Å². The number of nitrogens with one attached hydrogen (secondary N) is 2. The van der Waals surface area contributed by atoms with Crippen molar-refractivity contribution in [2.45, 2.75) is 41.4 Å². The quantitative estimate of drug-likeness (QED) is 0.524. The summed E-state index contributed by atoms with van der Waals surface area (Å²) in [5.74, 6) is 0.142. The Kier molecular flexibility index (Phi) is 4.19. The van der Waals surface area contributed by atoms with E-state index in [2.05, 4.69) is 26.6 Å². The zero-order valence-electron chi connectivity index (χ0n) is 9.19. The first-order chi connectivity index (χ1) is 8.08. The van der Waals surface area contributed by atoms with Gasteiger partial charge in [0, 0.05) is 11.0 Å². The summed E-state index contributed by atoms with van der Waals surface area (Å²) < 4.78 is 0. The molecular formula is C10H15BrN2O3S. The SMILES string of the molecule is O=C1N[C@H]2[C@H](CS[C@H]2CCCC(Br)C(=O)O)N1. The molecule has 7 heteroatoms. The number of aliphatic carboxylic acids is 1. The fourth-order valence-electron chi connectivity index (χ4n) is 2.26. The van der Waals surface area contributed by atoms with E-state index in [-0.39, 0.29) is 18.1 Å². The third-order valence-corrected chi connectivity index (χ3v) is 5.51. The summed E-state index contributed by atoms with van der Waals surface area (Å²) in [4.78, 5) is 21.3. The second-order valence-electron chi connectivity index (χ2n) is 4.36. The molecule has 0 aromatic rings. The first-order valence-corrected chi connectivity index (χ1v) is 7.60. The van der Waals surface area contributed by atoms with E-state index >= 15 is 0 Å². The van der Waals surface area contributed by atoms with Crippen LogP contribution >= 0.6 is 27.7 Å². The van der Waals surface area contributed by atoms with Crippen molar-refractivity contribution >= 4 is 39.7 Å². The van der Waals surface area contributed by atoms with E-state index in [0.29, 0.717) is 11.7 Å². The van der Waals surface area contributed by atoms with Crippen molar-refractivity contribution in [1.29, 1.82) is 0 Å². The summed E-state index contributed by atoms with van der Waals surface area (Å²) in [5.41, 5.74) is 0. The summed E-state index contributed by atoms with van der Waals surface area (Å²) in [7, 11) is 0. The second kappa shape index (κ2) is 5.48. The van der Waals surface area contributed by atoms with E-state index in [1.54, 1.807) is 0 Å². The van der Waals surface area contributed by atoms with Gasteiger partial charge in [0.2, 0.25) is 0 Å². The number of rotatable bonds is 5. The molecule has 4 atom stereocenters. The van der Waals surface area contributed by atoms with Crippen LogP contribution in [0.3, 0.4) is 0 Å². The molecule has 96 valence electrons. The zero-order chi connectivity index (χ0) is 12.4. The Labute approximate surface area is 112 Å². The van der Waals surface area contributed by atoms with Crippen molar-refractivity contribution in [3.63, 3.8) is 0 Å². The predicted molar refractivity (Wildman–Crippen MR) is 69.7 cm³/mol. The lowest BCUT2D eigenvalue weighted by Crippen LogP contribution is -2.36. The molecular weight excluding hydrogens is 308 g/mol. The van der Waals surface area contributed by atoms with E-state index in [9.17, 15) is 9.59 Å². The molecule has 2 aliphatic heterocycles. The largest absolute Gasteiger partial charge is 0.480 e. The lowest BCUT2D eigenvalue weighted by atomic mass is 10.0. The van der Waals surface area contributed by atoms with Gasteiger partial charge >= 0.3 is 12.0 Å². The van der Waals surface area contributed by atoms with Crippen LogP contribution in [0.1, 0.15) is 19.3 Å². The monoisotopic (exact) mass is 322 g/mol. The molecule has 2 amide bonds. The van der Waals surface area contributed by atoms with Crippen LogP contribution in [0.2, 0.25) is 0 Å². The van der Waals surface area contributed by atoms with Crippen LogP contribution in [0.25, 0.3) is 0 Å². The van der Waals surface area contributed by atoms with Gasteiger partial charge in [-0.05, 0) is 12.8 Å². The molecule has 1 unspecified atom stereocenters. The second-order valence-corrected chi connectivity index (χ2v) is 6.74. The average Bonchev–Trinajstić information content (AvgIpc) is 2.78. The Morgan fingerprint density at radius 2 is 2.35 bits per heavy atom. The van der Waals surface area contributed by atoms with Crippen LogP contribution < -0.4 is 10.6 Å². The van der Waals surface area contributed by atoms with Gasteiger partial charge in [-0.2, -0.15) is 11.8 Å². The highest BCUT2D eigenvalue weighted by Gasteiger charge is 2.42. The Balaban J connectivity index is 1.73. The van der Waals surface area contributed by atoms with Crippen molar-refractivity contribution in [2.75, 3.05) is 5.75 Å². The molecule has 2 heterocycles. The summed E-state index contributed by atoms with van der Waals surface area (Å²) in [6, 6.07) is 0.386. The minimum atomic E-state index is -0.808. The summed E-state index contributed by atoms with van der Waals surface area (Å²) in [6.07, 6.45) is 2.44. The molecule has 0 spiro atoms. The van der Waals surface area contributed by atoms with Gasteiger partial charge in [0.15, 0.2) is 0 Å². The van der Waals surface area contributed by atoms with Gasteiger partial charge in [0.05, 0.1) is 12.1 Å². The van der Waals surface area contributed by atoms with Crippen molar-refractivity contribution in [3.8, 4) is 0 Å². The number of thioether (sulfide) groups is 1. The van der Waals surface area contributed by atoms with Crippen LogP contribution in [-0.4, -0.2) is 45.0 Å². The number of carbonyl (C=O) groups excluding carboxylic acids is 1. The number of fused-ring (bicyclic) bond motifs is 1. The van der Waals surface area contributed by atoms with Gasteiger partial charge in [-0.25, -0.2) is 4.79 Å². The Hall–Kier alpha value is -0.430. The standard InChI is InChI=1S/C10H15BrN2O3S/c11-5(9(14)15)2-1-3-7-8-6(4-17-7)12-10(16)13-8/h5-8H,1-4H2,(H,14,15)(H2,12,13,16)/t5?,6-,7-,8-/m0/s1. The number of amides is 2. The van der Waals surface area contributed by atoms with Gasteiger partial charge in [-0.15, -0.1) is 0 Å². The maximum atomic E-state index is 11.2. The minimum absolute atomic E-state index is 0.0748. The average molecular weight is 323 g/mol. The Morgan fingerprint density at radius 3 is 3.06 bits per heavy atom. The number of urea groups is 1. The smallest absolute Gasteiger partial charge is 0.317 e. The van der Waals surface area contributed by atoms with Crippen LogP contribution in [0.15, 0.2) is 0 Å². The Morgan fingerprint density at radius 1 is 1.59 bits per heavy atom. The molecule has 0 radical (unpaired) electrons. The van der Waals surface area contributed by atoms with Crippen molar-refractivity contribution < 1.29 is 14.7 Å². The molecule has 2 saturated heterocycles. The molecule has 0 aromatic carbocycles. The van der Waals surface area contributed by atoms with Crippen molar-refractivity contribution in [3.05, 3.63) is 0 Å². The van der Waals surface area contributed by atoms with Crippen LogP contribution in [-0.2, 0) is 4.79 Å². The topological polar surface area (TPSA) is 78.4 Å². The molecule has 0 aromatic heterocycles. The van der Waals surface area contributed by atoms with Crippen LogP contribution in [0, 0.1) is 0 Å². The highest BCUT2D eigenvalue weighted by Crippen LogP contribution is 2.33. The third-order valence-electron chi connectivity index (χ3n) is 3.15. The maximum absolute atomic E-state index is 11.2. The summed E-state index contributed by atoms with van der Waals surface area (Å²) in [6.45, 7) is 0. The number of carboxylic acids is 1. The zero-order valence-corrected chi connectivity index (χ0v) is 11.6. The molecule has 0 bridgehead atoms. The van der Waals surface area contributed by atoms with E-state index in [4.69, 9.17) is 5.11 Å². The van der Waals surface area contributed by atoms with Crippen LogP contribution in [0.5, 0.6) is 0 Å². The molecule has 0 aliphatic carbocycles. The highest BCUT2D eigenvalue weighted by molar-refractivity contribution is 9.10. The highest BCUT2D eigenvalue weighted by atomic mass is 79.9. The molecule has 2 aliphatic rings. The molecule has 2 rings (SSSR count). The number of hydrogen-bond acceptors (Lipinski definition) is 3.